The molecule has 0 aliphatic heterocycles. The average Bonchev–Trinajstić information content (AvgIpc) is 2.68. The first-order valence-electron chi connectivity index (χ1n) is 9.86. The molecule has 0 bridgehead atoms. The van der Waals surface area contributed by atoms with Crippen molar-refractivity contribution in [1.82, 2.24) is 0 Å². The minimum atomic E-state index is -0.849. The number of aromatic carboxylic acids is 1. The quantitative estimate of drug-likeness (QED) is 0.643. The van der Waals surface area contributed by atoms with Crippen LogP contribution in [-0.4, -0.2) is 11.1 Å². The maximum Gasteiger partial charge on any atom is 0.335 e. The number of rotatable bonds is 7. The molecular weight excluding hydrogens is 322 g/mol. The Balaban J connectivity index is 1.63. The van der Waals surface area contributed by atoms with Crippen molar-refractivity contribution >= 4 is 11.7 Å². The van der Waals surface area contributed by atoms with Crippen LogP contribution >= 0.6 is 0 Å². The fraction of sp³-hybridized carbons (Fsp3) is 0.435. The number of carboxylic acids is 1. The van der Waals surface area contributed by atoms with Crippen LogP contribution in [0.1, 0.15) is 78.4 Å². The summed E-state index contributed by atoms with van der Waals surface area (Å²) in [5.74, 6) is -0.107. The van der Waals surface area contributed by atoms with E-state index in [4.69, 9.17) is 0 Å². The van der Waals surface area contributed by atoms with Crippen LogP contribution in [0.3, 0.4) is 0 Å². The molecule has 1 fully saturated rings. The number of anilines is 1. The molecule has 2 aromatic carbocycles. The highest BCUT2D eigenvalue weighted by Crippen LogP contribution is 2.32. The lowest BCUT2D eigenvalue weighted by molar-refractivity contribution is 0.0695. The highest BCUT2D eigenvalue weighted by molar-refractivity contribution is 5.90. The number of hydrogen-bond donors (Lipinski definition) is 2. The Bertz CT molecular complexity index is 730. The minimum absolute atomic E-state index is 0.411. The monoisotopic (exact) mass is 351 g/mol. The molecule has 0 radical (unpaired) electrons. The lowest BCUT2D eigenvalue weighted by Gasteiger charge is -2.22. The van der Waals surface area contributed by atoms with E-state index < -0.39 is 5.97 Å². The molecule has 26 heavy (non-hydrogen) atoms. The largest absolute Gasteiger partial charge is 0.478 e. The summed E-state index contributed by atoms with van der Waals surface area (Å²) in [5, 5.41) is 12.7. The van der Waals surface area contributed by atoms with E-state index in [1.165, 1.54) is 43.2 Å². The van der Waals surface area contributed by atoms with Gasteiger partial charge in [-0.1, -0.05) is 56.9 Å². The predicted octanol–water partition coefficient (Wildman–Crippen LogP) is 6.00. The molecule has 0 unspecified atom stereocenters. The molecule has 0 atom stereocenters. The van der Waals surface area contributed by atoms with Crippen LogP contribution in [0.4, 0.5) is 5.69 Å². The highest BCUT2D eigenvalue weighted by Gasteiger charge is 2.15. The van der Waals surface area contributed by atoms with Gasteiger partial charge in [-0.3, -0.25) is 0 Å². The standard InChI is InChI=1S/C23H29NO2/c1-2-6-20-15-21(13-14-22(20)23(25)26)24-16-17-9-11-19(12-10-17)18-7-4-3-5-8-18/h9-15,18,24H,2-8,16H2,1H3,(H,25,26). The molecule has 1 saturated carbocycles. The zero-order chi connectivity index (χ0) is 18.4. The molecule has 0 saturated heterocycles. The molecule has 3 nitrogen and oxygen atoms in total. The number of benzene rings is 2. The van der Waals surface area contributed by atoms with Crippen LogP contribution in [-0.2, 0) is 13.0 Å². The molecule has 0 aromatic heterocycles. The Morgan fingerprint density at radius 3 is 2.46 bits per heavy atom. The van der Waals surface area contributed by atoms with Crippen LogP contribution in [0.5, 0.6) is 0 Å². The van der Waals surface area contributed by atoms with Gasteiger partial charge in [-0.05, 0) is 60.1 Å². The van der Waals surface area contributed by atoms with Gasteiger partial charge in [0.25, 0.3) is 0 Å². The fourth-order valence-electron chi connectivity index (χ4n) is 3.94. The third-order valence-electron chi connectivity index (χ3n) is 5.41. The maximum atomic E-state index is 11.3. The SMILES string of the molecule is CCCc1cc(NCc2ccc(C3CCCCC3)cc2)ccc1C(=O)O. The van der Waals surface area contributed by atoms with Crippen molar-refractivity contribution in [2.24, 2.45) is 0 Å². The molecule has 138 valence electrons. The van der Waals surface area contributed by atoms with Crippen molar-refractivity contribution in [2.45, 2.75) is 64.3 Å². The van der Waals surface area contributed by atoms with E-state index in [0.29, 0.717) is 5.56 Å². The Morgan fingerprint density at radius 1 is 1.08 bits per heavy atom. The molecule has 2 N–H and O–H groups in total. The number of nitrogens with one attached hydrogen (secondary N) is 1. The minimum Gasteiger partial charge on any atom is -0.478 e. The third kappa shape index (κ3) is 4.66. The fourth-order valence-corrected chi connectivity index (χ4v) is 3.94. The van der Waals surface area contributed by atoms with E-state index in [1.807, 2.05) is 12.1 Å². The van der Waals surface area contributed by atoms with Crippen molar-refractivity contribution < 1.29 is 9.90 Å². The van der Waals surface area contributed by atoms with Crippen LogP contribution in [0.25, 0.3) is 0 Å². The van der Waals surface area contributed by atoms with Crippen LogP contribution in [0, 0.1) is 0 Å². The molecule has 0 amide bonds. The second kappa shape index (κ2) is 8.88. The van der Waals surface area contributed by atoms with Crippen molar-refractivity contribution in [1.29, 1.82) is 0 Å². The van der Waals surface area contributed by atoms with Gasteiger partial charge < -0.3 is 10.4 Å². The first-order valence-corrected chi connectivity index (χ1v) is 9.86. The Kier molecular flexibility index (Phi) is 6.32. The topological polar surface area (TPSA) is 49.3 Å². The summed E-state index contributed by atoms with van der Waals surface area (Å²) in [6.07, 6.45) is 8.49. The zero-order valence-electron chi connectivity index (χ0n) is 15.6. The number of hydrogen-bond acceptors (Lipinski definition) is 2. The first kappa shape index (κ1) is 18.5. The summed E-state index contributed by atoms with van der Waals surface area (Å²) >= 11 is 0. The second-order valence-corrected chi connectivity index (χ2v) is 7.36. The van der Waals surface area contributed by atoms with Gasteiger partial charge in [0, 0.05) is 12.2 Å². The smallest absolute Gasteiger partial charge is 0.335 e. The van der Waals surface area contributed by atoms with E-state index in [9.17, 15) is 9.90 Å². The van der Waals surface area contributed by atoms with Crippen molar-refractivity contribution in [3.63, 3.8) is 0 Å². The number of carboxylic acid groups (broad SMARTS) is 1. The summed E-state index contributed by atoms with van der Waals surface area (Å²) < 4.78 is 0. The summed E-state index contributed by atoms with van der Waals surface area (Å²) in [4.78, 5) is 11.3. The molecule has 1 aliphatic rings. The van der Waals surface area contributed by atoms with Crippen LogP contribution in [0.2, 0.25) is 0 Å². The summed E-state index contributed by atoms with van der Waals surface area (Å²) in [5.41, 5.74) is 5.02. The Hall–Kier alpha value is -2.29. The second-order valence-electron chi connectivity index (χ2n) is 7.36. The van der Waals surface area contributed by atoms with E-state index in [1.54, 1.807) is 6.07 Å². The van der Waals surface area contributed by atoms with Crippen molar-refractivity contribution in [3.8, 4) is 0 Å². The first-order chi connectivity index (χ1) is 12.7. The van der Waals surface area contributed by atoms with E-state index in [-0.39, 0.29) is 0 Å². The van der Waals surface area contributed by atoms with Gasteiger partial charge in [-0.2, -0.15) is 0 Å². The summed E-state index contributed by atoms with van der Waals surface area (Å²) in [6.45, 7) is 2.82. The Labute approximate surface area is 156 Å². The molecule has 3 rings (SSSR count). The van der Waals surface area contributed by atoms with Crippen molar-refractivity contribution in [2.75, 3.05) is 5.32 Å². The van der Waals surface area contributed by atoms with Gasteiger partial charge in [-0.15, -0.1) is 0 Å². The molecule has 2 aromatic rings. The highest BCUT2D eigenvalue weighted by atomic mass is 16.4. The molecule has 0 heterocycles. The third-order valence-corrected chi connectivity index (χ3v) is 5.41. The molecular formula is C23H29NO2. The van der Waals surface area contributed by atoms with Gasteiger partial charge in [-0.25, -0.2) is 4.79 Å². The molecule has 3 heteroatoms. The normalized spacial score (nSPS) is 15.0. The lowest BCUT2D eigenvalue weighted by atomic mass is 9.84. The Morgan fingerprint density at radius 2 is 1.81 bits per heavy atom. The molecule has 1 aliphatic carbocycles. The van der Waals surface area contributed by atoms with Crippen LogP contribution in [0.15, 0.2) is 42.5 Å². The predicted molar refractivity (Wildman–Crippen MR) is 107 cm³/mol. The summed E-state index contributed by atoms with van der Waals surface area (Å²) in [7, 11) is 0. The van der Waals surface area contributed by atoms with Gasteiger partial charge in [0.05, 0.1) is 5.56 Å². The van der Waals surface area contributed by atoms with Gasteiger partial charge in [0.2, 0.25) is 0 Å². The van der Waals surface area contributed by atoms with E-state index >= 15 is 0 Å². The van der Waals surface area contributed by atoms with E-state index in [2.05, 4.69) is 36.5 Å². The average molecular weight is 351 g/mol. The molecule has 0 spiro atoms. The lowest BCUT2D eigenvalue weighted by Crippen LogP contribution is -2.06. The van der Waals surface area contributed by atoms with Crippen molar-refractivity contribution in [3.05, 3.63) is 64.7 Å². The van der Waals surface area contributed by atoms with Gasteiger partial charge in [0.15, 0.2) is 0 Å². The van der Waals surface area contributed by atoms with E-state index in [0.717, 1.165) is 36.6 Å². The number of carbonyl (C=O) groups is 1. The summed E-state index contributed by atoms with van der Waals surface area (Å²) in [6, 6.07) is 14.5. The van der Waals surface area contributed by atoms with Crippen LogP contribution < -0.4 is 5.32 Å². The number of aryl methyl sites for hydroxylation is 1. The maximum absolute atomic E-state index is 11.3. The van der Waals surface area contributed by atoms with Gasteiger partial charge in [0.1, 0.15) is 0 Å². The van der Waals surface area contributed by atoms with Gasteiger partial charge >= 0.3 is 5.97 Å². The zero-order valence-corrected chi connectivity index (χ0v) is 15.6.